The highest BCUT2D eigenvalue weighted by molar-refractivity contribution is 7.09. The molecule has 4 rings (SSSR count). The predicted octanol–water partition coefficient (Wildman–Crippen LogP) is 0.464. The Bertz CT molecular complexity index is 841. The van der Waals surface area contributed by atoms with Gasteiger partial charge in [0.2, 0.25) is 0 Å². The molecule has 1 fully saturated rings. The highest BCUT2D eigenvalue weighted by atomic mass is 32.1. The van der Waals surface area contributed by atoms with Crippen LogP contribution >= 0.6 is 11.3 Å². The third kappa shape index (κ3) is 4.40. The molecule has 1 aliphatic heterocycles. The van der Waals surface area contributed by atoms with E-state index in [1.54, 1.807) is 33.3 Å². The molecule has 0 saturated carbocycles. The Morgan fingerprint density at radius 1 is 1.30 bits per heavy atom. The lowest BCUT2D eigenvalue weighted by molar-refractivity contribution is -0.886. The van der Waals surface area contributed by atoms with Crippen LogP contribution in [0.4, 0.5) is 0 Å². The Hall–Kier alpha value is -2.58. The van der Waals surface area contributed by atoms with Crippen molar-refractivity contribution in [1.82, 2.24) is 20.0 Å². The number of aromatic nitrogens is 4. The van der Waals surface area contributed by atoms with Crippen LogP contribution < -0.4 is 9.58 Å². The van der Waals surface area contributed by atoms with Crippen molar-refractivity contribution in [1.29, 1.82) is 0 Å². The summed E-state index contributed by atoms with van der Waals surface area (Å²) in [5.74, 6) is 0.767. The summed E-state index contributed by atoms with van der Waals surface area (Å²) in [6.45, 7) is 4.70. The van der Waals surface area contributed by atoms with Gasteiger partial charge < -0.3 is 9.80 Å². The van der Waals surface area contributed by atoms with Crippen molar-refractivity contribution < 1.29 is 14.4 Å². The molecule has 0 atom stereocenters. The van der Waals surface area contributed by atoms with E-state index in [9.17, 15) is 4.79 Å². The number of pyridine rings is 1. The van der Waals surface area contributed by atoms with Crippen molar-refractivity contribution in [3.8, 4) is 5.82 Å². The summed E-state index contributed by atoms with van der Waals surface area (Å²) in [7, 11) is 0. The number of nitrogens with zero attached hydrogens (tertiary/aromatic N) is 4. The van der Waals surface area contributed by atoms with E-state index in [1.807, 2.05) is 40.9 Å². The molecular weight excluding hydrogens is 360 g/mol. The predicted molar refractivity (Wildman–Crippen MR) is 102 cm³/mol. The first-order valence-electron chi connectivity index (χ1n) is 9.32. The van der Waals surface area contributed by atoms with Crippen LogP contribution in [0.1, 0.15) is 28.2 Å². The third-order valence-corrected chi connectivity index (χ3v) is 5.69. The Balaban J connectivity index is 1.48. The number of quaternary nitrogens is 1. The van der Waals surface area contributed by atoms with E-state index in [2.05, 4.69) is 15.1 Å². The second-order valence-electron chi connectivity index (χ2n) is 6.77. The summed E-state index contributed by atoms with van der Waals surface area (Å²) in [6, 6.07) is 5.60. The van der Waals surface area contributed by atoms with E-state index < -0.39 is 0 Å². The molecule has 3 aromatic rings. The highest BCUT2D eigenvalue weighted by Gasteiger charge is 2.23. The van der Waals surface area contributed by atoms with Crippen LogP contribution in [0.5, 0.6) is 0 Å². The summed E-state index contributed by atoms with van der Waals surface area (Å²) in [5, 5.41) is 5.97. The van der Waals surface area contributed by atoms with Crippen LogP contribution in [0.2, 0.25) is 0 Å². The van der Waals surface area contributed by atoms with Gasteiger partial charge in [0, 0.05) is 36.7 Å². The summed E-state index contributed by atoms with van der Waals surface area (Å²) >= 11 is 1.59. The maximum Gasteiger partial charge on any atom is 0.346 e. The molecule has 0 radical (unpaired) electrons. The summed E-state index contributed by atoms with van der Waals surface area (Å²) < 4.78 is 1.80. The minimum absolute atomic E-state index is 0.0133. The number of H-pyrrole nitrogens is 1. The number of hydrogen-bond donors (Lipinski definition) is 2. The molecule has 1 saturated heterocycles. The van der Waals surface area contributed by atoms with Gasteiger partial charge in [0.15, 0.2) is 6.20 Å². The summed E-state index contributed by atoms with van der Waals surface area (Å²) in [6.07, 6.45) is 9.74. The lowest BCUT2D eigenvalue weighted by Crippen LogP contribution is -3.10. The van der Waals surface area contributed by atoms with Crippen molar-refractivity contribution in [2.45, 2.75) is 19.4 Å². The number of thiazole rings is 1. The second kappa shape index (κ2) is 8.41. The third-order valence-electron chi connectivity index (χ3n) is 4.93. The Morgan fingerprint density at radius 3 is 2.85 bits per heavy atom. The molecule has 1 amide bonds. The maximum atomic E-state index is 13.1. The van der Waals surface area contributed by atoms with Crippen LogP contribution in [-0.4, -0.2) is 52.1 Å². The molecule has 0 aliphatic carbocycles. The molecule has 0 spiro atoms. The molecular formula is C19H24N6OS+2. The summed E-state index contributed by atoms with van der Waals surface area (Å²) in [5.41, 5.74) is 0.610. The van der Waals surface area contributed by atoms with Crippen LogP contribution in [-0.2, 0) is 6.54 Å². The van der Waals surface area contributed by atoms with Crippen LogP contribution in [0.25, 0.3) is 5.82 Å². The van der Waals surface area contributed by atoms with Crippen molar-refractivity contribution in [2.75, 3.05) is 26.2 Å². The van der Waals surface area contributed by atoms with Crippen molar-refractivity contribution in [2.24, 2.45) is 0 Å². The molecule has 2 N–H and O–H groups in total. The molecule has 4 heterocycles. The SMILES string of the molecule is O=C(c1ccc(-[n+]2ccc[nH]2)nc1)N(CC[NH+]1CCCC1)Cc1nccs1. The maximum absolute atomic E-state index is 13.1. The fourth-order valence-corrected chi connectivity index (χ4v) is 4.07. The molecule has 0 bridgehead atoms. The normalized spacial score (nSPS) is 14.5. The van der Waals surface area contributed by atoms with Crippen LogP contribution in [0, 0.1) is 0 Å². The van der Waals surface area contributed by atoms with Gasteiger partial charge in [-0.15, -0.1) is 16.0 Å². The Kier molecular flexibility index (Phi) is 5.55. The van der Waals surface area contributed by atoms with E-state index in [1.165, 1.54) is 25.9 Å². The first-order chi connectivity index (χ1) is 13.3. The largest absolute Gasteiger partial charge is 0.346 e. The van der Waals surface area contributed by atoms with Crippen molar-refractivity contribution in [3.05, 3.63) is 58.9 Å². The van der Waals surface area contributed by atoms with Gasteiger partial charge in [0.25, 0.3) is 5.91 Å². The number of carbonyl (C=O) groups excluding carboxylic acids is 1. The van der Waals surface area contributed by atoms with Gasteiger partial charge in [-0.2, -0.15) is 0 Å². The van der Waals surface area contributed by atoms with Gasteiger partial charge in [0.1, 0.15) is 11.2 Å². The molecule has 0 unspecified atom stereocenters. The lowest BCUT2D eigenvalue weighted by atomic mass is 10.2. The number of amides is 1. The molecule has 7 nitrogen and oxygen atoms in total. The highest BCUT2D eigenvalue weighted by Crippen LogP contribution is 2.12. The van der Waals surface area contributed by atoms with Crippen molar-refractivity contribution in [3.63, 3.8) is 0 Å². The quantitative estimate of drug-likeness (QED) is 0.582. The smallest absolute Gasteiger partial charge is 0.333 e. The van der Waals surface area contributed by atoms with E-state index in [0.29, 0.717) is 12.1 Å². The van der Waals surface area contributed by atoms with E-state index >= 15 is 0 Å². The minimum Gasteiger partial charge on any atom is -0.333 e. The van der Waals surface area contributed by atoms with Gasteiger partial charge in [-0.05, 0) is 17.1 Å². The number of aromatic amines is 1. The molecule has 140 valence electrons. The molecule has 8 heteroatoms. The number of hydrogen-bond acceptors (Lipinski definition) is 4. The van der Waals surface area contributed by atoms with Crippen LogP contribution in [0.15, 0.2) is 48.4 Å². The van der Waals surface area contributed by atoms with Gasteiger partial charge in [0.05, 0.1) is 38.3 Å². The van der Waals surface area contributed by atoms with Gasteiger partial charge in [-0.3, -0.25) is 4.79 Å². The zero-order chi connectivity index (χ0) is 18.5. The average Bonchev–Trinajstić information content (AvgIpc) is 3.48. The summed E-state index contributed by atoms with van der Waals surface area (Å²) in [4.78, 5) is 25.4. The number of rotatable bonds is 7. The fraction of sp³-hybridized carbons (Fsp3) is 0.368. The second-order valence-corrected chi connectivity index (χ2v) is 7.75. The number of carbonyl (C=O) groups is 1. The monoisotopic (exact) mass is 384 g/mol. The van der Waals surface area contributed by atoms with Gasteiger partial charge in [-0.25, -0.2) is 10.1 Å². The van der Waals surface area contributed by atoms with E-state index in [4.69, 9.17) is 0 Å². The fourth-order valence-electron chi connectivity index (χ4n) is 3.44. The molecule has 27 heavy (non-hydrogen) atoms. The topological polar surface area (TPSA) is 70.2 Å². The Labute approximate surface area is 162 Å². The van der Waals surface area contributed by atoms with Gasteiger partial charge in [-0.1, -0.05) is 0 Å². The Morgan fingerprint density at radius 2 is 2.19 bits per heavy atom. The first kappa shape index (κ1) is 17.8. The zero-order valence-corrected chi connectivity index (χ0v) is 16.0. The molecule has 0 aromatic carbocycles. The average molecular weight is 385 g/mol. The first-order valence-corrected chi connectivity index (χ1v) is 10.2. The van der Waals surface area contributed by atoms with E-state index in [-0.39, 0.29) is 5.91 Å². The lowest BCUT2D eigenvalue weighted by Gasteiger charge is -2.23. The van der Waals surface area contributed by atoms with Crippen molar-refractivity contribution >= 4 is 17.2 Å². The van der Waals surface area contributed by atoms with E-state index in [0.717, 1.165) is 23.9 Å². The number of likely N-dealkylation sites (tertiary alicyclic amines) is 1. The van der Waals surface area contributed by atoms with Crippen LogP contribution in [0.3, 0.4) is 0 Å². The number of nitrogens with one attached hydrogen (secondary N) is 2. The standard InChI is InChI=1S/C19H22N6OS/c26-19(16-4-5-17(21-14-16)25-10-3-6-22-25)24(15-18-20-7-13-27-18)12-11-23-8-1-2-9-23/h3-7,10,13-14H,1-2,8-9,11-12,15H2/p+2. The molecule has 1 aliphatic rings. The molecule has 3 aromatic heterocycles. The minimum atomic E-state index is 0.0133. The zero-order valence-electron chi connectivity index (χ0n) is 15.2. The van der Waals surface area contributed by atoms with Gasteiger partial charge >= 0.3 is 5.82 Å².